The molecule has 96 valence electrons. The van der Waals surface area contributed by atoms with Crippen LogP contribution in [0.4, 0.5) is 10.2 Å². The van der Waals surface area contributed by atoms with E-state index in [4.69, 9.17) is 11.6 Å². The predicted octanol–water partition coefficient (Wildman–Crippen LogP) is 4.26. The number of hydrogen-bond acceptors (Lipinski definition) is 2. The first-order chi connectivity index (χ1) is 8.13. The van der Waals surface area contributed by atoms with Gasteiger partial charge in [0.1, 0.15) is 0 Å². The summed E-state index contributed by atoms with van der Waals surface area (Å²) >= 11 is 9.11. The van der Waals surface area contributed by atoms with Crippen LogP contribution in [0.3, 0.4) is 0 Å². The third kappa shape index (κ3) is 3.81. The Bertz CT molecular complexity index is 358. The van der Waals surface area contributed by atoms with Crippen molar-refractivity contribution in [3.05, 3.63) is 23.1 Å². The number of anilines is 1. The van der Waals surface area contributed by atoms with Crippen LogP contribution in [0.2, 0.25) is 5.02 Å². The topological polar surface area (TPSA) is 16.1 Å². The van der Waals surface area contributed by atoms with Crippen molar-refractivity contribution in [2.45, 2.75) is 32.7 Å². The van der Waals surface area contributed by atoms with E-state index in [2.05, 4.69) is 34.8 Å². The van der Waals surface area contributed by atoms with E-state index in [1.807, 2.05) is 4.90 Å². The monoisotopic (exact) mass is 322 g/mol. The normalized spacial score (nSPS) is 10.9. The van der Waals surface area contributed by atoms with Crippen LogP contribution in [0.15, 0.2) is 12.3 Å². The smallest absolute Gasteiger partial charge is 0.167 e. The highest BCUT2D eigenvalue weighted by Gasteiger charge is 2.19. The molecule has 17 heavy (non-hydrogen) atoms. The van der Waals surface area contributed by atoms with Gasteiger partial charge in [0.15, 0.2) is 11.6 Å². The zero-order valence-electron chi connectivity index (χ0n) is 10.1. The van der Waals surface area contributed by atoms with Gasteiger partial charge in [-0.05, 0) is 18.9 Å². The molecule has 0 aliphatic carbocycles. The van der Waals surface area contributed by atoms with Crippen LogP contribution >= 0.6 is 27.5 Å². The molecule has 0 saturated carbocycles. The highest BCUT2D eigenvalue weighted by atomic mass is 79.9. The number of nitrogens with zero attached hydrogens (tertiary/aromatic N) is 2. The highest BCUT2D eigenvalue weighted by Crippen LogP contribution is 2.23. The lowest BCUT2D eigenvalue weighted by Crippen LogP contribution is -2.37. The van der Waals surface area contributed by atoms with Gasteiger partial charge in [0.25, 0.3) is 0 Å². The Morgan fingerprint density at radius 3 is 2.59 bits per heavy atom. The second-order valence-corrected chi connectivity index (χ2v) is 5.04. The van der Waals surface area contributed by atoms with Gasteiger partial charge in [0, 0.05) is 24.1 Å². The molecule has 5 heteroatoms. The van der Waals surface area contributed by atoms with Gasteiger partial charge in [-0.1, -0.05) is 41.4 Å². The average Bonchev–Trinajstić information content (AvgIpc) is 2.30. The molecule has 0 bridgehead atoms. The third-order valence-corrected chi connectivity index (χ3v) is 3.33. The summed E-state index contributed by atoms with van der Waals surface area (Å²) in [4.78, 5) is 6.11. The van der Waals surface area contributed by atoms with E-state index in [0.29, 0.717) is 16.9 Å². The lowest BCUT2D eigenvalue weighted by molar-refractivity contribution is 0.540. The third-order valence-electron chi connectivity index (χ3n) is 2.77. The lowest BCUT2D eigenvalue weighted by atomic mass is 10.1. The summed E-state index contributed by atoms with van der Waals surface area (Å²) in [6.45, 7) is 4.93. The molecule has 0 N–H and O–H groups in total. The van der Waals surface area contributed by atoms with Gasteiger partial charge in [0.2, 0.25) is 0 Å². The Balaban J connectivity index is 3.03. The van der Waals surface area contributed by atoms with Gasteiger partial charge >= 0.3 is 0 Å². The summed E-state index contributed by atoms with van der Waals surface area (Å²) in [5, 5.41) is 1.11. The molecule has 0 unspecified atom stereocenters. The molecule has 0 saturated heterocycles. The summed E-state index contributed by atoms with van der Waals surface area (Å²) in [6, 6.07) is 1.61. The number of alkyl halides is 1. The van der Waals surface area contributed by atoms with E-state index in [1.165, 1.54) is 12.3 Å². The Labute approximate surface area is 115 Å². The van der Waals surface area contributed by atoms with E-state index in [9.17, 15) is 4.39 Å². The maximum absolute atomic E-state index is 13.9. The van der Waals surface area contributed by atoms with Crippen molar-refractivity contribution in [3.63, 3.8) is 0 Å². The molecule has 0 spiro atoms. The summed E-state index contributed by atoms with van der Waals surface area (Å²) in [5.74, 6) is 0.0351. The zero-order chi connectivity index (χ0) is 12.8. The minimum absolute atomic E-state index is 0.302. The van der Waals surface area contributed by atoms with Crippen LogP contribution in [0.25, 0.3) is 0 Å². The number of rotatable bonds is 6. The maximum atomic E-state index is 13.9. The van der Waals surface area contributed by atoms with Crippen molar-refractivity contribution in [3.8, 4) is 0 Å². The summed E-state index contributed by atoms with van der Waals surface area (Å²) < 4.78 is 13.9. The van der Waals surface area contributed by atoms with Gasteiger partial charge < -0.3 is 4.90 Å². The summed E-state index contributed by atoms with van der Waals surface area (Å²) in [5.41, 5.74) is 0. The van der Waals surface area contributed by atoms with Crippen molar-refractivity contribution >= 4 is 33.3 Å². The first-order valence-electron chi connectivity index (χ1n) is 5.77. The Morgan fingerprint density at radius 1 is 1.47 bits per heavy atom. The number of pyridine rings is 1. The maximum Gasteiger partial charge on any atom is 0.167 e. The van der Waals surface area contributed by atoms with Crippen molar-refractivity contribution in [1.29, 1.82) is 0 Å². The standard InChI is InChI=1S/C12H17BrClFN2/c1-3-10(4-2)17(6-5-13)12-11(15)7-9(14)8-16-12/h7-8,10H,3-6H2,1-2H3. The number of aromatic nitrogens is 1. The molecular formula is C12H17BrClFN2. The quantitative estimate of drug-likeness (QED) is 0.727. The fraction of sp³-hybridized carbons (Fsp3) is 0.583. The van der Waals surface area contributed by atoms with E-state index in [1.54, 1.807) is 0 Å². The second kappa shape index (κ2) is 7.17. The van der Waals surface area contributed by atoms with Crippen molar-refractivity contribution in [2.24, 2.45) is 0 Å². The molecule has 1 rings (SSSR count). The van der Waals surface area contributed by atoms with Crippen LogP contribution in [0.1, 0.15) is 26.7 Å². The fourth-order valence-corrected chi connectivity index (χ4v) is 2.43. The largest absolute Gasteiger partial charge is 0.350 e. The van der Waals surface area contributed by atoms with Crippen molar-refractivity contribution in [2.75, 3.05) is 16.8 Å². The van der Waals surface area contributed by atoms with Gasteiger partial charge in [0.05, 0.1) is 5.02 Å². The highest BCUT2D eigenvalue weighted by molar-refractivity contribution is 9.09. The van der Waals surface area contributed by atoms with E-state index in [-0.39, 0.29) is 5.82 Å². The van der Waals surface area contributed by atoms with E-state index in [0.717, 1.165) is 24.7 Å². The molecule has 0 atom stereocenters. The van der Waals surface area contributed by atoms with Crippen LogP contribution in [0, 0.1) is 5.82 Å². The molecule has 1 aromatic rings. The van der Waals surface area contributed by atoms with Crippen LogP contribution in [-0.4, -0.2) is 22.9 Å². The molecule has 0 aromatic carbocycles. The molecule has 0 aliphatic heterocycles. The van der Waals surface area contributed by atoms with E-state index < -0.39 is 0 Å². The van der Waals surface area contributed by atoms with Gasteiger partial charge in [-0.25, -0.2) is 9.37 Å². The minimum Gasteiger partial charge on any atom is -0.350 e. The fourth-order valence-electron chi connectivity index (χ4n) is 1.90. The van der Waals surface area contributed by atoms with Crippen LogP contribution < -0.4 is 4.90 Å². The first kappa shape index (κ1) is 14.7. The molecule has 1 aromatic heterocycles. The predicted molar refractivity (Wildman–Crippen MR) is 74.7 cm³/mol. The molecule has 2 nitrogen and oxygen atoms in total. The molecule has 0 fully saturated rings. The zero-order valence-corrected chi connectivity index (χ0v) is 12.4. The Hall–Kier alpha value is -0.350. The molecule has 0 aliphatic rings. The van der Waals surface area contributed by atoms with Crippen LogP contribution in [-0.2, 0) is 0 Å². The second-order valence-electron chi connectivity index (χ2n) is 3.81. The summed E-state index contributed by atoms with van der Waals surface area (Å²) in [7, 11) is 0. The van der Waals surface area contributed by atoms with Crippen LogP contribution in [0.5, 0.6) is 0 Å². The first-order valence-corrected chi connectivity index (χ1v) is 7.27. The molecule has 1 heterocycles. The van der Waals surface area contributed by atoms with Crippen molar-refractivity contribution < 1.29 is 4.39 Å². The molecule has 0 radical (unpaired) electrons. The van der Waals surface area contributed by atoms with Crippen molar-refractivity contribution in [1.82, 2.24) is 4.98 Å². The Kier molecular flexibility index (Phi) is 6.20. The lowest BCUT2D eigenvalue weighted by Gasteiger charge is -2.31. The SMILES string of the molecule is CCC(CC)N(CCBr)c1ncc(Cl)cc1F. The van der Waals surface area contributed by atoms with Gasteiger partial charge in [-0.15, -0.1) is 0 Å². The van der Waals surface area contributed by atoms with E-state index >= 15 is 0 Å². The summed E-state index contributed by atoms with van der Waals surface area (Å²) in [6.07, 6.45) is 3.42. The average molecular weight is 324 g/mol. The number of halogens is 3. The molecular weight excluding hydrogens is 307 g/mol. The number of hydrogen-bond donors (Lipinski definition) is 0. The van der Waals surface area contributed by atoms with Gasteiger partial charge in [-0.3, -0.25) is 0 Å². The minimum atomic E-state index is -0.356. The van der Waals surface area contributed by atoms with Gasteiger partial charge in [-0.2, -0.15) is 0 Å². The Morgan fingerprint density at radius 2 is 2.12 bits per heavy atom. The molecule has 0 amide bonds.